The van der Waals surface area contributed by atoms with Gasteiger partial charge in [-0.15, -0.1) is 0 Å². The molecule has 1 N–H and O–H groups in total. The summed E-state index contributed by atoms with van der Waals surface area (Å²) < 4.78 is 11.1. The molecule has 6 atom stereocenters. The van der Waals surface area contributed by atoms with Crippen LogP contribution in [0.5, 0.6) is 0 Å². The van der Waals surface area contributed by atoms with Crippen LogP contribution in [0.4, 0.5) is 0 Å². The van der Waals surface area contributed by atoms with E-state index >= 15 is 0 Å². The second-order valence-corrected chi connectivity index (χ2v) is 7.30. The monoisotopic (exact) mass is 331 g/mol. The van der Waals surface area contributed by atoms with Crippen LogP contribution < -0.4 is 0 Å². The summed E-state index contributed by atoms with van der Waals surface area (Å²) in [7, 11) is 1.45. The Morgan fingerprint density at radius 3 is 2.96 bits per heavy atom. The summed E-state index contributed by atoms with van der Waals surface area (Å²) in [5, 5.41) is 10.1. The minimum atomic E-state index is -0.267. The number of aliphatic hydroxyl groups is 1. The summed E-state index contributed by atoms with van der Waals surface area (Å²) in [6.07, 6.45) is 13.6. The molecule has 0 amide bonds. The van der Waals surface area contributed by atoms with Crippen LogP contribution in [0.1, 0.15) is 25.7 Å². The summed E-state index contributed by atoms with van der Waals surface area (Å²) in [6.45, 7) is 0.613. The van der Waals surface area contributed by atoms with Crippen LogP contribution in [0.25, 0.3) is 0 Å². The Morgan fingerprint density at radius 1 is 1.33 bits per heavy atom. The molecule has 0 aromatic rings. The van der Waals surface area contributed by atoms with Gasteiger partial charge in [0.1, 0.15) is 17.9 Å². The smallest absolute Gasteiger partial charge is 0.323 e. The summed E-state index contributed by atoms with van der Waals surface area (Å²) in [6, 6.07) is 0.00424. The van der Waals surface area contributed by atoms with Gasteiger partial charge >= 0.3 is 5.97 Å². The first-order valence-electron chi connectivity index (χ1n) is 8.89. The molecule has 130 valence electrons. The zero-order chi connectivity index (χ0) is 16.7. The van der Waals surface area contributed by atoms with Gasteiger partial charge in [-0.05, 0) is 43.8 Å². The minimum Gasteiger partial charge on any atom is -0.489 e. The predicted octanol–water partition coefficient (Wildman–Crippen LogP) is 1.79. The van der Waals surface area contributed by atoms with Crippen LogP contribution in [0.2, 0.25) is 0 Å². The highest BCUT2D eigenvalue weighted by molar-refractivity contribution is 5.76. The number of carbonyl (C=O) groups excluding carboxylic acids is 1. The van der Waals surface area contributed by atoms with Crippen LogP contribution in [0.15, 0.2) is 36.1 Å². The number of carbonyl (C=O) groups is 1. The maximum absolute atomic E-state index is 12.3. The molecule has 2 aliphatic carbocycles. The molecule has 0 aromatic carbocycles. The van der Waals surface area contributed by atoms with Gasteiger partial charge in [0.15, 0.2) is 0 Å². The molecule has 2 unspecified atom stereocenters. The molecule has 0 spiro atoms. The Bertz CT molecular complexity index is 596. The zero-order valence-electron chi connectivity index (χ0n) is 14.0. The lowest BCUT2D eigenvalue weighted by Gasteiger charge is -2.35. The zero-order valence-corrected chi connectivity index (χ0v) is 14.0. The Balaban J connectivity index is 1.53. The molecule has 2 aliphatic heterocycles. The lowest BCUT2D eigenvalue weighted by atomic mass is 9.83. The maximum atomic E-state index is 12.3. The fourth-order valence-electron chi connectivity index (χ4n) is 4.69. The number of aliphatic hydroxyl groups excluding tert-OH is 1. The number of likely N-dealkylation sites (tertiary alicyclic amines) is 1. The van der Waals surface area contributed by atoms with E-state index < -0.39 is 0 Å². The third-order valence-electron chi connectivity index (χ3n) is 5.88. The number of ether oxygens (including phenoxy) is 2. The maximum Gasteiger partial charge on any atom is 0.323 e. The van der Waals surface area contributed by atoms with Gasteiger partial charge in [0.05, 0.1) is 19.8 Å². The van der Waals surface area contributed by atoms with Crippen molar-refractivity contribution in [2.45, 2.75) is 50.0 Å². The van der Waals surface area contributed by atoms with Crippen molar-refractivity contribution in [2.75, 3.05) is 13.7 Å². The first-order valence-corrected chi connectivity index (χ1v) is 8.89. The molecule has 2 fully saturated rings. The fourth-order valence-corrected chi connectivity index (χ4v) is 4.69. The van der Waals surface area contributed by atoms with Gasteiger partial charge in [0.2, 0.25) is 0 Å². The molecule has 0 aromatic heterocycles. The molecule has 0 bridgehead atoms. The number of fused-ring (bicyclic) bond motifs is 2. The largest absolute Gasteiger partial charge is 0.489 e. The highest BCUT2D eigenvalue weighted by Crippen LogP contribution is 2.41. The van der Waals surface area contributed by atoms with Crippen molar-refractivity contribution >= 4 is 5.97 Å². The van der Waals surface area contributed by atoms with Gasteiger partial charge in [-0.3, -0.25) is 9.69 Å². The van der Waals surface area contributed by atoms with Crippen LogP contribution in [-0.4, -0.2) is 53.9 Å². The summed E-state index contributed by atoms with van der Waals surface area (Å²) in [4.78, 5) is 14.5. The second kappa shape index (κ2) is 6.37. The third-order valence-corrected chi connectivity index (χ3v) is 5.88. The minimum absolute atomic E-state index is 0.0805. The molecule has 5 heteroatoms. The van der Waals surface area contributed by atoms with E-state index in [4.69, 9.17) is 9.47 Å². The molecule has 0 radical (unpaired) electrons. The standard InChI is InChI=1S/C19H25NO4/c1-23-19(22)17-9-12-6-7-14(21)10-16(12)20(17)11-15-8-13-4-2-3-5-18(13)24-15/h2-5,8,12-14,16-18,21H,6-7,9-11H2,1H3/t12-,13?,14-,16-,17+,18?/m1/s1. The molecule has 2 heterocycles. The molecule has 4 aliphatic rings. The van der Waals surface area contributed by atoms with Crippen molar-refractivity contribution < 1.29 is 19.4 Å². The third kappa shape index (κ3) is 2.80. The van der Waals surface area contributed by atoms with Gasteiger partial charge in [-0.25, -0.2) is 0 Å². The van der Waals surface area contributed by atoms with E-state index in [1.54, 1.807) is 0 Å². The average molecular weight is 331 g/mol. The lowest BCUT2D eigenvalue weighted by molar-refractivity contribution is -0.146. The molecule has 4 rings (SSSR count). The van der Waals surface area contributed by atoms with Crippen molar-refractivity contribution in [3.8, 4) is 0 Å². The normalized spacial score (nSPS) is 40.7. The highest BCUT2D eigenvalue weighted by Gasteiger charge is 2.48. The van der Waals surface area contributed by atoms with E-state index in [2.05, 4.69) is 23.1 Å². The molecule has 1 saturated heterocycles. The topological polar surface area (TPSA) is 59.0 Å². The number of methoxy groups -OCH3 is 1. The summed E-state index contributed by atoms with van der Waals surface area (Å²) in [5.74, 6) is 1.50. The van der Waals surface area contributed by atoms with E-state index in [-0.39, 0.29) is 36.2 Å². The number of rotatable bonds is 3. The molecule has 5 nitrogen and oxygen atoms in total. The van der Waals surface area contributed by atoms with E-state index in [1.165, 1.54) is 7.11 Å². The Kier molecular flexibility index (Phi) is 4.22. The van der Waals surface area contributed by atoms with Crippen molar-refractivity contribution in [1.29, 1.82) is 0 Å². The second-order valence-electron chi connectivity index (χ2n) is 7.30. The number of nitrogens with zero attached hydrogens (tertiary/aromatic N) is 1. The first-order chi connectivity index (χ1) is 11.7. The lowest BCUT2D eigenvalue weighted by Crippen LogP contribution is -2.45. The molecular weight excluding hydrogens is 306 g/mol. The first kappa shape index (κ1) is 15.9. The Labute approximate surface area is 142 Å². The van der Waals surface area contributed by atoms with Gasteiger partial charge in [0.25, 0.3) is 0 Å². The van der Waals surface area contributed by atoms with E-state index in [1.807, 2.05) is 12.2 Å². The van der Waals surface area contributed by atoms with Gasteiger partial charge in [-0.1, -0.05) is 18.2 Å². The summed E-state index contributed by atoms with van der Waals surface area (Å²) in [5.41, 5.74) is 0. The predicted molar refractivity (Wildman–Crippen MR) is 89.0 cm³/mol. The summed E-state index contributed by atoms with van der Waals surface area (Å²) >= 11 is 0. The van der Waals surface area contributed by atoms with Crippen molar-refractivity contribution in [2.24, 2.45) is 11.8 Å². The van der Waals surface area contributed by atoms with Crippen molar-refractivity contribution in [3.05, 3.63) is 36.1 Å². The van der Waals surface area contributed by atoms with E-state index in [9.17, 15) is 9.90 Å². The SMILES string of the molecule is COC(=O)[C@@H]1C[C@H]2CC[C@@H](O)C[C@H]2N1CC1=CC2C=CC=CC2O1. The van der Waals surface area contributed by atoms with Crippen molar-refractivity contribution in [3.63, 3.8) is 0 Å². The number of esters is 1. The Hall–Kier alpha value is -1.59. The van der Waals surface area contributed by atoms with Crippen molar-refractivity contribution in [1.82, 2.24) is 4.90 Å². The van der Waals surface area contributed by atoms with E-state index in [0.29, 0.717) is 12.5 Å². The molecule has 1 saturated carbocycles. The molecule has 24 heavy (non-hydrogen) atoms. The quantitative estimate of drug-likeness (QED) is 0.799. The van der Waals surface area contributed by atoms with Gasteiger partial charge < -0.3 is 14.6 Å². The van der Waals surface area contributed by atoms with Crippen LogP contribution >= 0.6 is 0 Å². The van der Waals surface area contributed by atoms with Crippen LogP contribution in [0, 0.1) is 11.8 Å². The number of hydrogen-bond acceptors (Lipinski definition) is 5. The van der Waals surface area contributed by atoms with Gasteiger partial charge in [-0.2, -0.15) is 0 Å². The Morgan fingerprint density at radius 2 is 2.17 bits per heavy atom. The number of allylic oxidation sites excluding steroid dienone is 2. The average Bonchev–Trinajstić information content (AvgIpc) is 3.15. The van der Waals surface area contributed by atoms with Crippen LogP contribution in [-0.2, 0) is 14.3 Å². The highest BCUT2D eigenvalue weighted by atomic mass is 16.5. The fraction of sp³-hybridized carbons (Fsp3) is 0.632. The molecular formula is C19H25NO4. The van der Waals surface area contributed by atoms with Crippen LogP contribution in [0.3, 0.4) is 0 Å². The van der Waals surface area contributed by atoms with Gasteiger partial charge in [0, 0.05) is 12.0 Å². The number of hydrogen-bond donors (Lipinski definition) is 1. The van der Waals surface area contributed by atoms with E-state index in [0.717, 1.165) is 31.4 Å².